The molecule has 5 heteroatoms. The molecule has 0 saturated carbocycles. The molecule has 0 N–H and O–H groups in total. The van der Waals surface area contributed by atoms with Gasteiger partial charge in [0.2, 0.25) is 0 Å². The number of hydrogen-bond donors (Lipinski definition) is 0. The number of hydrogen-bond acceptors (Lipinski definition) is 3. The zero-order valence-electron chi connectivity index (χ0n) is 19.9. The van der Waals surface area contributed by atoms with Crippen molar-refractivity contribution >= 4 is 37.6 Å². The van der Waals surface area contributed by atoms with Crippen LogP contribution in [0, 0.1) is 0 Å². The highest BCUT2D eigenvalue weighted by molar-refractivity contribution is 9.10. The second kappa shape index (κ2) is 13.4. The van der Waals surface area contributed by atoms with Gasteiger partial charge in [0.25, 0.3) is 0 Å². The van der Waals surface area contributed by atoms with Gasteiger partial charge in [0.05, 0.1) is 13.2 Å². The molecule has 0 aliphatic rings. The summed E-state index contributed by atoms with van der Waals surface area (Å²) < 4.78 is 13.9. The van der Waals surface area contributed by atoms with Gasteiger partial charge in [-0.05, 0) is 72.5 Å². The number of ketones is 1. The van der Waals surface area contributed by atoms with Gasteiger partial charge in [-0.2, -0.15) is 0 Å². The van der Waals surface area contributed by atoms with Crippen molar-refractivity contribution in [2.75, 3.05) is 13.2 Å². The van der Waals surface area contributed by atoms with Crippen LogP contribution in [0.15, 0.2) is 118 Å². The molecule has 36 heavy (non-hydrogen) atoms. The van der Waals surface area contributed by atoms with Crippen molar-refractivity contribution in [2.45, 2.75) is 24.7 Å². The van der Waals surface area contributed by atoms with Gasteiger partial charge in [0, 0.05) is 20.8 Å². The molecule has 184 valence electrons. The summed E-state index contributed by atoms with van der Waals surface area (Å²) in [5.74, 6) is 1.19. The summed E-state index contributed by atoms with van der Waals surface area (Å²) in [6.07, 6.45) is 1.17. The lowest BCUT2D eigenvalue weighted by Gasteiger charge is -2.24. The Kier molecular flexibility index (Phi) is 9.76. The van der Waals surface area contributed by atoms with Crippen LogP contribution < -0.4 is 9.47 Å². The number of para-hydroxylation sites is 2. The summed E-state index contributed by atoms with van der Waals surface area (Å²) in [4.78, 5) is 14.2. The third-order valence-corrected chi connectivity index (χ3v) is 7.13. The van der Waals surface area contributed by atoms with E-state index in [0.717, 1.165) is 31.6 Å². The Balaban J connectivity index is 1.55. The molecule has 0 aliphatic heterocycles. The van der Waals surface area contributed by atoms with Crippen LogP contribution in [-0.2, 0) is 4.79 Å². The van der Waals surface area contributed by atoms with E-state index in [9.17, 15) is 4.79 Å². The minimum absolute atomic E-state index is 0.174. The fourth-order valence-corrected chi connectivity index (χ4v) is 4.73. The molecule has 0 bridgehead atoms. The summed E-state index contributed by atoms with van der Waals surface area (Å²) in [7, 11) is 0. The van der Waals surface area contributed by atoms with Crippen LogP contribution in [0.1, 0.15) is 35.8 Å². The lowest BCUT2D eigenvalue weighted by molar-refractivity contribution is -0.122. The molecule has 0 fully saturated rings. The molecular formula is C31H28Br2O3. The lowest BCUT2D eigenvalue weighted by atomic mass is 9.80. The predicted molar refractivity (Wildman–Crippen MR) is 152 cm³/mol. The van der Waals surface area contributed by atoms with Crippen LogP contribution in [0.2, 0.25) is 0 Å². The average Bonchev–Trinajstić information content (AvgIpc) is 2.91. The van der Waals surface area contributed by atoms with Gasteiger partial charge in [0.15, 0.2) is 0 Å². The first-order chi connectivity index (χ1) is 17.6. The van der Waals surface area contributed by atoms with Crippen molar-refractivity contribution in [1.29, 1.82) is 0 Å². The summed E-state index contributed by atoms with van der Waals surface area (Å²) >= 11 is 7.03. The molecule has 0 amide bonds. The maximum atomic E-state index is 14.2. The summed E-state index contributed by atoms with van der Waals surface area (Å²) in [5, 5.41) is 0. The number of carbonyl (C=O) groups excluding carboxylic acids is 1. The monoisotopic (exact) mass is 606 g/mol. The summed E-state index contributed by atoms with van der Waals surface area (Å²) in [6.45, 7) is 0.897. The van der Waals surface area contributed by atoms with Crippen molar-refractivity contribution in [3.63, 3.8) is 0 Å². The van der Waals surface area contributed by atoms with Crippen LogP contribution in [-0.4, -0.2) is 19.0 Å². The maximum Gasteiger partial charge on any atom is 0.148 e. The fraction of sp³-hybridized carbons (Fsp3) is 0.194. The van der Waals surface area contributed by atoms with Crippen LogP contribution in [0.25, 0.3) is 0 Å². The van der Waals surface area contributed by atoms with Gasteiger partial charge in [0.1, 0.15) is 17.3 Å². The Morgan fingerprint density at radius 3 is 1.28 bits per heavy atom. The average molecular weight is 608 g/mol. The number of benzene rings is 4. The van der Waals surface area contributed by atoms with E-state index >= 15 is 0 Å². The summed E-state index contributed by atoms with van der Waals surface area (Å²) in [6, 6.07) is 35.5. The summed E-state index contributed by atoms with van der Waals surface area (Å²) in [5.41, 5.74) is 1.98. The molecule has 2 unspecified atom stereocenters. The molecule has 2 atom stereocenters. The van der Waals surface area contributed by atoms with Gasteiger partial charge in [-0.25, -0.2) is 0 Å². The second-order valence-corrected chi connectivity index (χ2v) is 10.3. The van der Waals surface area contributed by atoms with Crippen LogP contribution in [0.5, 0.6) is 11.5 Å². The van der Waals surface area contributed by atoms with E-state index in [1.165, 1.54) is 0 Å². The number of ether oxygens (including phenoxy) is 2. The Labute approximate surface area is 229 Å². The Hall–Kier alpha value is -2.89. The molecule has 0 spiro atoms. The molecular weight excluding hydrogens is 580 g/mol. The van der Waals surface area contributed by atoms with E-state index in [2.05, 4.69) is 31.9 Å². The van der Waals surface area contributed by atoms with Crippen molar-refractivity contribution in [2.24, 2.45) is 0 Å². The molecule has 0 heterocycles. The quantitative estimate of drug-likeness (QED) is 0.162. The Bertz CT molecular complexity index is 1110. The first kappa shape index (κ1) is 26.2. The molecule has 4 rings (SSSR count). The van der Waals surface area contributed by atoms with Gasteiger partial charge in [-0.15, -0.1) is 0 Å². The molecule has 0 saturated heterocycles. The van der Waals surface area contributed by atoms with Crippen LogP contribution in [0.4, 0.5) is 0 Å². The minimum Gasteiger partial charge on any atom is -0.494 e. The smallest absolute Gasteiger partial charge is 0.148 e. The van der Waals surface area contributed by atoms with E-state index < -0.39 is 0 Å². The Morgan fingerprint density at radius 1 is 0.556 bits per heavy atom. The zero-order valence-corrected chi connectivity index (χ0v) is 23.0. The SMILES string of the molecule is O=C(C(CCOc1ccccc1)c1ccc(Br)cc1)C(CCOc1ccccc1)c1ccc(Br)cc1. The third kappa shape index (κ3) is 7.55. The fourth-order valence-electron chi connectivity index (χ4n) is 4.20. The van der Waals surface area contributed by atoms with Crippen molar-refractivity contribution in [3.05, 3.63) is 129 Å². The van der Waals surface area contributed by atoms with E-state index in [0.29, 0.717) is 26.1 Å². The van der Waals surface area contributed by atoms with E-state index in [-0.39, 0.29) is 17.6 Å². The van der Waals surface area contributed by atoms with Gasteiger partial charge in [-0.1, -0.05) is 92.5 Å². The van der Waals surface area contributed by atoms with Crippen molar-refractivity contribution in [1.82, 2.24) is 0 Å². The largest absolute Gasteiger partial charge is 0.494 e. The molecule has 4 aromatic carbocycles. The number of Topliss-reactive ketones (excluding diaryl/α,β-unsaturated/α-hetero) is 1. The number of rotatable bonds is 12. The minimum atomic E-state index is -0.299. The molecule has 0 aromatic heterocycles. The highest BCUT2D eigenvalue weighted by Crippen LogP contribution is 2.33. The number of carbonyl (C=O) groups is 1. The first-order valence-electron chi connectivity index (χ1n) is 12.0. The maximum absolute atomic E-state index is 14.2. The molecule has 0 radical (unpaired) electrons. The first-order valence-corrected chi connectivity index (χ1v) is 13.6. The van der Waals surface area contributed by atoms with Crippen molar-refractivity contribution in [3.8, 4) is 11.5 Å². The zero-order chi connectivity index (χ0) is 25.2. The highest BCUT2D eigenvalue weighted by Gasteiger charge is 2.29. The predicted octanol–water partition coefficient (Wildman–Crippen LogP) is 8.59. The van der Waals surface area contributed by atoms with Gasteiger partial charge < -0.3 is 9.47 Å². The Morgan fingerprint density at radius 2 is 0.917 bits per heavy atom. The van der Waals surface area contributed by atoms with Crippen LogP contribution >= 0.6 is 31.9 Å². The molecule has 4 aromatic rings. The van der Waals surface area contributed by atoms with E-state index in [1.807, 2.05) is 109 Å². The van der Waals surface area contributed by atoms with Crippen molar-refractivity contribution < 1.29 is 14.3 Å². The topological polar surface area (TPSA) is 35.5 Å². The highest BCUT2D eigenvalue weighted by atomic mass is 79.9. The number of halogens is 2. The van der Waals surface area contributed by atoms with Gasteiger partial charge >= 0.3 is 0 Å². The molecule has 3 nitrogen and oxygen atoms in total. The standard InChI is InChI=1S/C31H28Br2O3/c32-25-15-11-23(12-16-25)29(19-21-35-27-7-3-1-4-8-27)31(34)30(24-13-17-26(33)18-14-24)20-22-36-28-9-5-2-6-10-28/h1-18,29-30H,19-22H2. The molecule has 0 aliphatic carbocycles. The van der Waals surface area contributed by atoms with E-state index in [4.69, 9.17) is 9.47 Å². The lowest BCUT2D eigenvalue weighted by Crippen LogP contribution is -2.24. The van der Waals surface area contributed by atoms with Gasteiger partial charge in [-0.3, -0.25) is 4.79 Å². The normalized spacial score (nSPS) is 12.5. The second-order valence-electron chi connectivity index (χ2n) is 8.51. The third-order valence-electron chi connectivity index (χ3n) is 6.07. The van der Waals surface area contributed by atoms with Crippen LogP contribution in [0.3, 0.4) is 0 Å². The van der Waals surface area contributed by atoms with E-state index in [1.54, 1.807) is 0 Å².